The third-order valence-electron chi connectivity index (χ3n) is 3.95. The van der Waals surface area contributed by atoms with E-state index in [4.69, 9.17) is 0 Å². The Labute approximate surface area is 135 Å². The molecule has 1 aliphatic carbocycles. The van der Waals surface area contributed by atoms with Crippen LogP contribution in [0.25, 0.3) is 0 Å². The molecule has 1 saturated heterocycles. The summed E-state index contributed by atoms with van der Waals surface area (Å²) >= 11 is 1.84. The van der Waals surface area contributed by atoms with Crippen molar-refractivity contribution < 1.29 is 13.2 Å². The number of sulfonamides is 1. The molecular weight excluding hydrogens is 320 g/mol. The summed E-state index contributed by atoms with van der Waals surface area (Å²) in [4.78, 5) is 14.6. The van der Waals surface area contributed by atoms with Crippen LogP contribution in [0.1, 0.15) is 28.8 Å². The molecule has 2 fully saturated rings. The van der Waals surface area contributed by atoms with E-state index in [1.165, 1.54) is 6.07 Å². The number of nitrogens with one attached hydrogen (secondary N) is 1. The largest absolute Gasteiger partial charge is 0.337 e. The summed E-state index contributed by atoms with van der Waals surface area (Å²) in [5, 5.41) is 0. The van der Waals surface area contributed by atoms with E-state index in [-0.39, 0.29) is 16.8 Å². The van der Waals surface area contributed by atoms with Crippen LogP contribution >= 0.6 is 11.8 Å². The van der Waals surface area contributed by atoms with Gasteiger partial charge in [-0.1, -0.05) is 6.07 Å². The number of hydrogen-bond donors (Lipinski definition) is 1. The molecule has 0 unspecified atom stereocenters. The van der Waals surface area contributed by atoms with Gasteiger partial charge in [0.25, 0.3) is 5.91 Å². The van der Waals surface area contributed by atoms with Gasteiger partial charge in [0.05, 0.1) is 4.90 Å². The first kappa shape index (κ1) is 15.8. The smallest absolute Gasteiger partial charge is 0.254 e. The Balaban J connectivity index is 1.87. The molecule has 0 aromatic heterocycles. The summed E-state index contributed by atoms with van der Waals surface area (Å²) in [5.41, 5.74) is 1.30. The molecule has 1 saturated carbocycles. The first-order chi connectivity index (χ1) is 10.5. The lowest BCUT2D eigenvalue weighted by Crippen LogP contribution is -2.38. The lowest BCUT2D eigenvalue weighted by molar-refractivity contribution is 0.0771. The molecule has 0 radical (unpaired) electrons. The molecule has 1 amide bonds. The molecule has 0 spiro atoms. The van der Waals surface area contributed by atoms with Crippen LogP contribution in [0.3, 0.4) is 0 Å². The van der Waals surface area contributed by atoms with Gasteiger partial charge in [0.1, 0.15) is 0 Å². The fourth-order valence-corrected chi connectivity index (χ4v) is 4.66. The average molecular weight is 340 g/mol. The predicted octanol–water partition coefficient (Wildman–Crippen LogP) is 1.62. The predicted molar refractivity (Wildman–Crippen MR) is 87.8 cm³/mol. The molecule has 0 atom stereocenters. The van der Waals surface area contributed by atoms with Crippen LogP contribution in [-0.4, -0.2) is 49.9 Å². The molecule has 7 heteroatoms. The van der Waals surface area contributed by atoms with Crippen LogP contribution in [0, 0.1) is 6.92 Å². The normalized spacial score (nSPS) is 19.2. The number of aryl methyl sites for hydroxylation is 1. The van der Waals surface area contributed by atoms with E-state index < -0.39 is 10.0 Å². The Morgan fingerprint density at radius 2 is 1.95 bits per heavy atom. The average Bonchev–Trinajstić information content (AvgIpc) is 3.31. The van der Waals surface area contributed by atoms with E-state index in [0.717, 1.165) is 43.0 Å². The van der Waals surface area contributed by atoms with Gasteiger partial charge in [-0.25, -0.2) is 13.1 Å². The fourth-order valence-electron chi connectivity index (χ4n) is 2.42. The Kier molecular flexibility index (Phi) is 4.47. The monoisotopic (exact) mass is 340 g/mol. The Hall–Kier alpha value is -1.05. The van der Waals surface area contributed by atoms with Gasteiger partial charge in [-0.2, -0.15) is 11.8 Å². The number of rotatable bonds is 4. The van der Waals surface area contributed by atoms with Gasteiger partial charge in [0.2, 0.25) is 10.0 Å². The van der Waals surface area contributed by atoms with E-state index >= 15 is 0 Å². The summed E-state index contributed by atoms with van der Waals surface area (Å²) < 4.78 is 27.3. The molecule has 0 bridgehead atoms. The Bertz CT molecular complexity index is 678. The lowest BCUT2D eigenvalue weighted by Gasteiger charge is -2.27. The Morgan fingerprint density at radius 3 is 2.59 bits per heavy atom. The number of benzene rings is 1. The van der Waals surface area contributed by atoms with Crippen LogP contribution in [0.15, 0.2) is 23.1 Å². The molecule has 1 aromatic rings. The van der Waals surface area contributed by atoms with Crippen molar-refractivity contribution >= 4 is 27.7 Å². The molecule has 5 nitrogen and oxygen atoms in total. The summed E-state index contributed by atoms with van der Waals surface area (Å²) in [7, 11) is -3.53. The van der Waals surface area contributed by atoms with Gasteiger partial charge < -0.3 is 4.90 Å². The van der Waals surface area contributed by atoms with Gasteiger partial charge in [0, 0.05) is 36.2 Å². The summed E-state index contributed by atoms with van der Waals surface area (Å²) in [6, 6.07) is 4.87. The standard InChI is InChI=1S/C15H20N2O3S2/c1-11-2-5-13(22(19,20)16-12-3-4-12)10-14(11)15(18)17-6-8-21-9-7-17/h2,5,10,12,16H,3-4,6-9H2,1H3. The summed E-state index contributed by atoms with van der Waals surface area (Å²) in [6.07, 6.45) is 1.78. The van der Waals surface area contributed by atoms with Gasteiger partial charge in [-0.3, -0.25) is 4.79 Å². The maximum Gasteiger partial charge on any atom is 0.254 e. The third-order valence-corrected chi connectivity index (χ3v) is 6.41. The molecule has 3 rings (SSSR count). The molecular formula is C15H20N2O3S2. The zero-order valence-corrected chi connectivity index (χ0v) is 14.2. The second-order valence-electron chi connectivity index (χ2n) is 5.78. The molecule has 22 heavy (non-hydrogen) atoms. The number of carbonyl (C=O) groups excluding carboxylic acids is 1. The van der Waals surface area contributed by atoms with Gasteiger partial charge >= 0.3 is 0 Å². The molecule has 1 aromatic carbocycles. The molecule has 120 valence electrons. The van der Waals surface area contributed by atoms with E-state index in [0.29, 0.717) is 5.56 Å². The van der Waals surface area contributed by atoms with Crippen LogP contribution in [0.2, 0.25) is 0 Å². The molecule has 1 aliphatic heterocycles. The minimum atomic E-state index is -3.53. The Morgan fingerprint density at radius 1 is 1.27 bits per heavy atom. The minimum Gasteiger partial charge on any atom is -0.337 e. The highest BCUT2D eigenvalue weighted by Gasteiger charge is 2.29. The van der Waals surface area contributed by atoms with Crippen molar-refractivity contribution in [1.29, 1.82) is 0 Å². The number of amides is 1. The van der Waals surface area contributed by atoms with Crippen LogP contribution in [-0.2, 0) is 10.0 Å². The second-order valence-corrected chi connectivity index (χ2v) is 8.72. The highest BCUT2D eigenvalue weighted by molar-refractivity contribution is 7.99. The zero-order valence-electron chi connectivity index (χ0n) is 12.5. The maximum atomic E-state index is 12.6. The number of hydrogen-bond acceptors (Lipinski definition) is 4. The topological polar surface area (TPSA) is 66.5 Å². The first-order valence-electron chi connectivity index (χ1n) is 7.47. The second kappa shape index (κ2) is 6.22. The van der Waals surface area contributed by atoms with Gasteiger partial charge in [-0.05, 0) is 37.5 Å². The van der Waals surface area contributed by atoms with Crippen molar-refractivity contribution in [1.82, 2.24) is 9.62 Å². The summed E-state index contributed by atoms with van der Waals surface area (Å²) in [6.45, 7) is 3.29. The number of thioether (sulfide) groups is 1. The van der Waals surface area contributed by atoms with Crippen molar-refractivity contribution in [3.63, 3.8) is 0 Å². The number of nitrogens with zero attached hydrogens (tertiary/aromatic N) is 1. The van der Waals surface area contributed by atoms with Crippen molar-refractivity contribution in [3.8, 4) is 0 Å². The number of carbonyl (C=O) groups is 1. The lowest BCUT2D eigenvalue weighted by atomic mass is 10.1. The molecule has 2 aliphatic rings. The van der Waals surface area contributed by atoms with Crippen molar-refractivity contribution in [2.24, 2.45) is 0 Å². The van der Waals surface area contributed by atoms with Crippen molar-refractivity contribution in [2.75, 3.05) is 24.6 Å². The van der Waals surface area contributed by atoms with Crippen LogP contribution < -0.4 is 4.72 Å². The van der Waals surface area contributed by atoms with Crippen LogP contribution in [0.5, 0.6) is 0 Å². The quantitative estimate of drug-likeness (QED) is 0.905. The van der Waals surface area contributed by atoms with Crippen molar-refractivity contribution in [2.45, 2.75) is 30.7 Å². The van der Waals surface area contributed by atoms with E-state index in [1.807, 2.05) is 23.6 Å². The minimum absolute atomic E-state index is 0.0598. The van der Waals surface area contributed by atoms with E-state index in [2.05, 4.69) is 4.72 Å². The van der Waals surface area contributed by atoms with E-state index in [1.54, 1.807) is 12.1 Å². The fraction of sp³-hybridized carbons (Fsp3) is 0.533. The van der Waals surface area contributed by atoms with Crippen LogP contribution in [0.4, 0.5) is 0 Å². The highest BCUT2D eigenvalue weighted by Crippen LogP contribution is 2.24. The molecule has 1 heterocycles. The SMILES string of the molecule is Cc1ccc(S(=O)(=O)NC2CC2)cc1C(=O)N1CCSCC1. The molecule has 1 N–H and O–H groups in total. The maximum absolute atomic E-state index is 12.6. The highest BCUT2D eigenvalue weighted by atomic mass is 32.2. The summed E-state index contributed by atoms with van der Waals surface area (Å²) in [5.74, 6) is 1.80. The van der Waals surface area contributed by atoms with Gasteiger partial charge in [0.15, 0.2) is 0 Å². The van der Waals surface area contributed by atoms with Gasteiger partial charge in [-0.15, -0.1) is 0 Å². The van der Waals surface area contributed by atoms with Crippen molar-refractivity contribution in [3.05, 3.63) is 29.3 Å². The van der Waals surface area contributed by atoms with E-state index in [9.17, 15) is 13.2 Å². The third kappa shape index (κ3) is 3.47. The zero-order chi connectivity index (χ0) is 15.7. The first-order valence-corrected chi connectivity index (χ1v) is 10.1.